The Morgan fingerprint density at radius 2 is 2.17 bits per heavy atom. The lowest BCUT2D eigenvalue weighted by atomic mass is 9.92. The van der Waals surface area contributed by atoms with Crippen LogP contribution in [0.15, 0.2) is 30.5 Å². The number of fused-ring (bicyclic) bond motifs is 1. The summed E-state index contributed by atoms with van der Waals surface area (Å²) >= 11 is 0. The second-order valence-electron chi connectivity index (χ2n) is 5.15. The highest BCUT2D eigenvalue weighted by Gasteiger charge is 2.24. The standard InChI is InChI=1S/C15H17NO2/c1-10(15(17)18)13-7-2-4-11-8-9-16(14(11)13)12-5-3-6-12/h2,4,7-10,12H,3,5-6H2,1H3,(H,17,18). The molecule has 0 radical (unpaired) electrons. The van der Waals surface area contributed by atoms with E-state index in [0.29, 0.717) is 6.04 Å². The molecule has 1 atom stereocenters. The van der Waals surface area contributed by atoms with E-state index in [1.165, 1.54) is 19.3 Å². The highest BCUT2D eigenvalue weighted by molar-refractivity contribution is 5.89. The first-order chi connectivity index (χ1) is 8.68. The molecular formula is C15H17NO2. The third-order valence-electron chi connectivity index (χ3n) is 4.08. The molecule has 1 heterocycles. The summed E-state index contributed by atoms with van der Waals surface area (Å²) in [4.78, 5) is 11.2. The molecule has 0 spiro atoms. The van der Waals surface area contributed by atoms with Gasteiger partial charge in [-0.25, -0.2) is 0 Å². The van der Waals surface area contributed by atoms with Gasteiger partial charge in [-0.2, -0.15) is 0 Å². The van der Waals surface area contributed by atoms with E-state index >= 15 is 0 Å². The van der Waals surface area contributed by atoms with Gasteiger partial charge in [0.25, 0.3) is 0 Å². The average molecular weight is 243 g/mol. The molecule has 0 bridgehead atoms. The molecule has 1 fully saturated rings. The van der Waals surface area contributed by atoms with E-state index in [4.69, 9.17) is 0 Å². The van der Waals surface area contributed by atoms with E-state index in [0.717, 1.165) is 16.5 Å². The van der Waals surface area contributed by atoms with Gasteiger partial charge in [-0.05, 0) is 43.2 Å². The molecule has 3 rings (SSSR count). The summed E-state index contributed by atoms with van der Waals surface area (Å²) in [5.74, 6) is -1.22. The van der Waals surface area contributed by atoms with Crippen molar-refractivity contribution in [3.05, 3.63) is 36.0 Å². The van der Waals surface area contributed by atoms with Crippen LogP contribution in [0, 0.1) is 0 Å². The molecule has 2 aromatic rings. The first kappa shape index (κ1) is 11.3. The summed E-state index contributed by atoms with van der Waals surface area (Å²) in [6.45, 7) is 1.76. The van der Waals surface area contributed by atoms with Crippen molar-refractivity contribution < 1.29 is 9.90 Å². The number of carboxylic acids is 1. The molecule has 0 aliphatic heterocycles. The lowest BCUT2D eigenvalue weighted by Gasteiger charge is -2.29. The number of carboxylic acid groups (broad SMARTS) is 1. The fourth-order valence-corrected chi connectivity index (χ4v) is 2.70. The molecule has 0 amide bonds. The highest BCUT2D eigenvalue weighted by Crippen LogP contribution is 2.37. The maximum atomic E-state index is 11.2. The number of hydrogen-bond donors (Lipinski definition) is 1. The van der Waals surface area contributed by atoms with E-state index < -0.39 is 11.9 Å². The van der Waals surface area contributed by atoms with Crippen LogP contribution in [0.4, 0.5) is 0 Å². The lowest BCUT2D eigenvalue weighted by Crippen LogP contribution is -2.17. The minimum Gasteiger partial charge on any atom is -0.481 e. The summed E-state index contributed by atoms with van der Waals surface area (Å²) in [5.41, 5.74) is 2.04. The Morgan fingerprint density at radius 1 is 1.39 bits per heavy atom. The molecule has 1 aromatic carbocycles. The van der Waals surface area contributed by atoms with Crippen LogP contribution in [0.3, 0.4) is 0 Å². The first-order valence-electron chi connectivity index (χ1n) is 6.50. The lowest BCUT2D eigenvalue weighted by molar-refractivity contribution is -0.138. The fourth-order valence-electron chi connectivity index (χ4n) is 2.70. The molecular weight excluding hydrogens is 226 g/mol. The van der Waals surface area contributed by atoms with E-state index in [1.807, 2.05) is 12.1 Å². The molecule has 0 saturated heterocycles. The van der Waals surface area contributed by atoms with Crippen molar-refractivity contribution in [3.63, 3.8) is 0 Å². The predicted molar refractivity (Wildman–Crippen MR) is 70.9 cm³/mol. The topological polar surface area (TPSA) is 42.2 Å². The van der Waals surface area contributed by atoms with Crippen LogP contribution in [0.2, 0.25) is 0 Å². The number of aliphatic carboxylic acids is 1. The van der Waals surface area contributed by atoms with Crippen molar-refractivity contribution in [1.29, 1.82) is 0 Å². The molecule has 1 aliphatic rings. The summed E-state index contributed by atoms with van der Waals surface area (Å²) in [6, 6.07) is 8.59. The minimum absolute atomic E-state index is 0.456. The summed E-state index contributed by atoms with van der Waals surface area (Å²) in [5, 5.41) is 10.4. The van der Waals surface area contributed by atoms with Crippen LogP contribution in [0.1, 0.15) is 43.7 Å². The van der Waals surface area contributed by atoms with Gasteiger partial charge in [0.05, 0.1) is 11.4 Å². The zero-order chi connectivity index (χ0) is 12.7. The van der Waals surface area contributed by atoms with Crippen LogP contribution in [0.25, 0.3) is 10.9 Å². The van der Waals surface area contributed by atoms with Crippen LogP contribution in [-0.4, -0.2) is 15.6 Å². The van der Waals surface area contributed by atoms with Crippen molar-refractivity contribution in [2.75, 3.05) is 0 Å². The Labute approximate surface area is 106 Å². The van der Waals surface area contributed by atoms with Crippen LogP contribution in [-0.2, 0) is 4.79 Å². The predicted octanol–water partition coefficient (Wildman–Crippen LogP) is 3.55. The molecule has 1 unspecified atom stereocenters. The Hall–Kier alpha value is -1.77. The van der Waals surface area contributed by atoms with Gasteiger partial charge < -0.3 is 9.67 Å². The summed E-state index contributed by atoms with van der Waals surface area (Å²) in [6.07, 6.45) is 5.80. The van der Waals surface area contributed by atoms with Gasteiger partial charge in [0, 0.05) is 12.2 Å². The van der Waals surface area contributed by atoms with E-state index in [9.17, 15) is 9.90 Å². The van der Waals surface area contributed by atoms with E-state index in [-0.39, 0.29) is 0 Å². The zero-order valence-corrected chi connectivity index (χ0v) is 10.5. The summed E-state index contributed by atoms with van der Waals surface area (Å²) in [7, 11) is 0. The van der Waals surface area contributed by atoms with E-state index in [2.05, 4.69) is 22.9 Å². The monoisotopic (exact) mass is 243 g/mol. The number of hydrogen-bond acceptors (Lipinski definition) is 1. The zero-order valence-electron chi connectivity index (χ0n) is 10.5. The van der Waals surface area contributed by atoms with Gasteiger partial charge in [-0.1, -0.05) is 18.2 Å². The van der Waals surface area contributed by atoms with Crippen molar-refractivity contribution in [2.45, 2.75) is 38.1 Å². The largest absolute Gasteiger partial charge is 0.481 e. The van der Waals surface area contributed by atoms with Crippen molar-refractivity contribution >= 4 is 16.9 Å². The smallest absolute Gasteiger partial charge is 0.310 e. The number of benzene rings is 1. The van der Waals surface area contributed by atoms with Gasteiger partial charge in [0.15, 0.2) is 0 Å². The molecule has 94 valence electrons. The number of carbonyl (C=O) groups is 1. The normalized spacial score (nSPS) is 17.6. The molecule has 3 heteroatoms. The molecule has 1 aliphatic carbocycles. The van der Waals surface area contributed by atoms with Crippen molar-refractivity contribution in [3.8, 4) is 0 Å². The third-order valence-corrected chi connectivity index (χ3v) is 4.08. The summed E-state index contributed by atoms with van der Waals surface area (Å²) < 4.78 is 2.27. The van der Waals surface area contributed by atoms with Crippen molar-refractivity contribution in [2.24, 2.45) is 0 Å². The maximum absolute atomic E-state index is 11.2. The number of rotatable bonds is 3. The Balaban J connectivity index is 2.17. The molecule has 3 nitrogen and oxygen atoms in total. The van der Waals surface area contributed by atoms with Crippen molar-refractivity contribution in [1.82, 2.24) is 4.57 Å². The molecule has 1 N–H and O–H groups in total. The highest BCUT2D eigenvalue weighted by atomic mass is 16.4. The van der Waals surface area contributed by atoms with Gasteiger partial charge in [0.1, 0.15) is 0 Å². The van der Waals surface area contributed by atoms with Crippen LogP contribution >= 0.6 is 0 Å². The van der Waals surface area contributed by atoms with Crippen LogP contribution in [0.5, 0.6) is 0 Å². The second-order valence-corrected chi connectivity index (χ2v) is 5.15. The Bertz CT molecular complexity index is 596. The molecule has 1 saturated carbocycles. The number of para-hydroxylation sites is 1. The third kappa shape index (κ3) is 1.62. The molecule has 1 aromatic heterocycles. The van der Waals surface area contributed by atoms with E-state index in [1.54, 1.807) is 6.92 Å². The van der Waals surface area contributed by atoms with Gasteiger partial charge in [0.2, 0.25) is 0 Å². The van der Waals surface area contributed by atoms with Gasteiger partial charge in [-0.3, -0.25) is 4.79 Å². The first-order valence-corrected chi connectivity index (χ1v) is 6.50. The number of aromatic nitrogens is 1. The van der Waals surface area contributed by atoms with Crippen LogP contribution < -0.4 is 0 Å². The fraction of sp³-hybridized carbons (Fsp3) is 0.400. The SMILES string of the molecule is CC(C(=O)O)c1cccc2ccn(C3CCC3)c12. The Morgan fingerprint density at radius 3 is 2.78 bits per heavy atom. The Kier molecular flexibility index (Phi) is 2.62. The second kappa shape index (κ2) is 4.16. The average Bonchev–Trinajstić information content (AvgIpc) is 2.70. The van der Waals surface area contributed by atoms with Gasteiger partial charge >= 0.3 is 5.97 Å². The number of nitrogens with zero attached hydrogens (tertiary/aromatic N) is 1. The minimum atomic E-state index is -0.760. The van der Waals surface area contributed by atoms with Gasteiger partial charge in [-0.15, -0.1) is 0 Å². The molecule has 18 heavy (non-hydrogen) atoms. The maximum Gasteiger partial charge on any atom is 0.310 e. The quantitative estimate of drug-likeness (QED) is 0.895.